The number of hydrogen-bond acceptors (Lipinski definition) is 5. The van der Waals surface area contributed by atoms with Crippen LogP contribution >= 0.6 is 0 Å². The molecule has 110 valence electrons. The van der Waals surface area contributed by atoms with Gasteiger partial charge in [-0.15, -0.1) is 0 Å². The summed E-state index contributed by atoms with van der Waals surface area (Å²) in [5.74, 6) is -0.839. The van der Waals surface area contributed by atoms with Gasteiger partial charge in [-0.1, -0.05) is 0 Å². The summed E-state index contributed by atoms with van der Waals surface area (Å²) in [5.41, 5.74) is 8.59. The van der Waals surface area contributed by atoms with Crippen LogP contribution in [0.3, 0.4) is 0 Å². The van der Waals surface area contributed by atoms with Gasteiger partial charge in [0.05, 0.1) is 24.1 Å². The molecule has 0 aliphatic carbocycles. The van der Waals surface area contributed by atoms with E-state index in [2.05, 4.69) is 20.3 Å². The number of methoxy groups -OCH3 is 1. The molecule has 1 amide bonds. The van der Waals surface area contributed by atoms with Crippen LogP contribution in [0.2, 0.25) is 0 Å². The molecule has 0 saturated heterocycles. The molecule has 0 spiro atoms. The number of nitrogens with two attached hydrogens (primary N) is 1. The number of carbonyl (C=O) groups is 2. The van der Waals surface area contributed by atoms with E-state index in [0.29, 0.717) is 22.6 Å². The third-order valence-electron chi connectivity index (χ3n) is 3.11. The number of ether oxygens (including phenoxy) is 1. The molecule has 0 aliphatic heterocycles. The molecule has 21 heavy (non-hydrogen) atoms. The van der Waals surface area contributed by atoms with Crippen LogP contribution in [-0.2, 0) is 4.74 Å². The van der Waals surface area contributed by atoms with Crippen LogP contribution in [0.5, 0.6) is 0 Å². The number of benzene rings is 1. The molecule has 0 bridgehead atoms. The Morgan fingerprint density at radius 1 is 1.33 bits per heavy atom. The quantitative estimate of drug-likeness (QED) is 0.744. The molecule has 2 rings (SSSR count). The second kappa shape index (κ2) is 5.66. The predicted molar refractivity (Wildman–Crippen MR) is 78.2 cm³/mol. The zero-order valence-electron chi connectivity index (χ0n) is 12.0. The highest BCUT2D eigenvalue weighted by Gasteiger charge is 2.16. The maximum absolute atomic E-state index is 12.1. The van der Waals surface area contributed by atoms with Crippen molar-refractivity contribution in [1.29, 1.82) is 0 Å². The van der Waals surface area contributed by atoms with Crippen molar-refractivity contribution >= 4 is 23.3 Å². The average molecular weight is 288 g/mol. The molecule has 0 aliphatic rings. The lowest BCUT2D eigenvalue weighted by Crippen LogP contribution is -2.15. The lowest BCUT2D eigenvalue weighted by molar-refractivity contribution is 0.0600. The standard InChI is InChI=1S/C14H16N4O3/c1-7-6-9(14(20)21-3)4-5-10(7)16-13(19)12-11(15)8(2)17-18-12/h4-6H,15H2,1-3H3,(H,16,19)(H,17,18). The number of rotatable bonds is 3. The Kier molecular flexibility index (Phi) is 3.93. The molecular formula is C14H16N4O3. The summed E-state index contributed by atoms with van der Waals surface area (Å²) in [6, 6.07) is 4.85. The fourth-order valence-corrected chi connectivity index (χ4v) is 1.84. The first-order valence-electron chi connectivity index (χ1n) is 6.24. The van der Waals surface area contributed by atoms with Crippen molar-refractivity contribution < 1.29 is 14.3 Å². The summed E-state index contributed by atoms with van der Waals surface area (Å²) in [7, 11) is 1.32. The lowest BCUT2D eigenvalue weighted by atomic mass is 10.1. The molecule has 2 aromatic rings. The second-order valence-electron chi connectivity index (χ2n) is 4.59. The number of nitrogen functional groups attached to an aromatic ring is 1. The minimum absolute atomic E-state index is 0.143. The number of H-pyrrole nitrogens is 1. The fraction of sp³-hybridized carbons (Fsp3) is 0.214. The Hall–Kier alpha value is -2.83. The van der Waals surface area contributed by atoms with E-state index in [4.69, 9.17) is 5.73 Å². The van der Waals surface area contributed by atoms with Crippen LogP contribution in [0.4, 0.5) is 11.4 Å². The van der Waals surface area contributed by atoms with E-state index in [9.17, 15) is 9.59 Å². The van der Waals surface area contributed by atoms with Crippen LogP contribution in [-0.4, -0.2) is 29.2 Å². The molecular weight excluding hydrogens is 272 g/mol. The molecule has 0 radical (unpaired) electrons. The molecule has 0 unspecified atom stereocenters. The van der Waals surface area contributed by atoms with Crippen LogP contribution in [0, 0.1) is 13.8 Å². The number of anilines is 2. The highest BCUT2D eigenvalue weighted by Crippen LogP contribution is 2.19. The summed E-state index contributed by atoms with van der Waals surface area (Å²) in [6.07, 6.45) is 0. The number of esters is 1. The van der Waals surface area contributed by atoms with E-state index in [-0.39, 0.29) is 5.69 Å². The molecule has 7 heteroatoms. The van der Waals surface area contributed by atoms with E-state index in [1.807, 2.05) is 0 Å². The van der Waals surface area contributed by atoms with Crippen LogP contribution in [0.1, 0.15) is 32.1 Å². The van der Waals surface area contributed by atoms with Gasteiger partial charge in [-0.3, -0.25) is 9.89 Å². The number of aryl methyl sites for hydroxylation is 2. The first-order chi connectivity index (χ1) is 9.93. The summed E-state index contributed by atoms with van der Waals surface area (Å²) < 4.78 is 4.64. The van der Waals surface area contributed by atoms with Crippen molar-refractivity contribution in [2.45, 2.75) is 13.8 Å². The van der Waals surface area contributed by atoms with E-state index >= 15 is 0 Å². The number of nitrogens with zero attached hydrogens (tertiary/aromatic N) is 1. The first-order valence-corrected chi connectivity index (χ1v) is 6.24. The average Bonchev–Trinajstić information content (AvgIpc) is 2.80. The molecule has 4 N–H and O–H groups in total. The van der Waals surface area contributed by atoms with E-state index < -0.39 is 11.9 Å². The molecule has 1 aromatic heterocycles. The van der Waals surface area contributed by atoms with Gasteiger partial charge in [0, 0.05) is 5.69 Å². The number of aromatic nitrogens is 2. The van der Waals surface area contributed by atoms with Gasteiger partial charge in [-0.25, -0.2) is 4.79 Å². The Bertz CT molecular complexity index is 706. The third-order valence-corrected chi connectivity index (χ3v) is 3.11. The summed E-state index contributed by atoms with van der Waals surface area (Å²) in [4.78, 5) is 23.5. The van der Waals surface area contributed by atoms with Crippen molar-refractivity contribution in [3.8, 4) is 0 Å². The largest absolute Gasteiger partial charge is 0.465 e. The monoisotopic (exact) mass is 288 g/mol. The molecule has 0 atom stereocenters. The number of amides is 1. The Morgan fingerprint density at radius 2 is 2.05 bits per heavy atom. The summed E-state index contributed by atoms with van der Waals surface area (Å²) in [6.45, 7) is 3.51. The van der Waals surface area contributed by atoms with Gasteiger partial charge >= 0.3 is 5.97 Å². The highest BCUT2D eigenvalue weighted by atomic mass is 16.5. The van der Waals surface area contributed by atoms with Gasteiger partial charge < -0.3 is 15.8 Å². The first kappa shape index (κ1) is 14.6. The number of nitrogens with one attached hydrogen (secondary N) is 2. The van der Waals surface area contributed by atoms with Gasteiger partial charge in [0.25, 0.3) is 5.91 Å². The highest BCUT2D eigenvalue weighted by molar-refractivity contribution is 6.07. The van der Waals surface area contributed by atoms with Gasteiger partial charge in [0.15, 0.2) is 5.69 Å². The zero-order chi connectivity index (χ0) is 15.6. The second-order valence-corrected chi connectivity index (χ2v) is 4.59. The normalized spacial score (nSPS) is 10.2. The van der Waals surface area contributed by atoms with E-state index in [1.165, 1.54) is 7.11 Å². The van der Waals surface area contributed by atoms with Gasteiger partial charge in [0.1, 0.15) is 0 Å². The van der Waals surface area contributed by atoms with Crippen LogP contribution < -0.4 is 11.1 Å². The summed E-state index contributed by atoms with van der Waals surface area (Å²) in [5, 5.41) is 9.23. The Labute approximate surface area is 121 Å². The molecule has 0 saturated carbocycles. The SMILES string of the molecule is COC(=O)c1ccc(NC(=O)c2n[nH]c(C)c2N)c(C)c1. The van der Waals surface area contributed by atoms with Gasteiger partial charge in [-0.05, 0) is 37.6 Å². The maximum atomic E-state index is 12.1. The van der Waals surface area contributed by atoms with Gasteiger partial charge in [-0.2, -0.15) is 5.10 Å². The molecule has 1 aromatic carbocycles. The molecule has 7 nitrogen and oxygen atoms in total. The minimum atomic E-state index is -0.428. The Balaban J connectivity index is 2.22. The predicted octanol–water partition coefficient (Wildman–Crippen LogP) is 1.65. The fourth-order valence-electron chi connectivity index (χ4n) is 1.84. The maximum Gasteiger partial charge on any atom is 0.337 e. The van der Waals surface area contributed by atoms with Crippen molar-refractivity contribution in [2.24, 2.45) is 0 Å². The molecule has 0 fully saturated rings. The van der Waals surface area contributed by atoms with Crippen molar-refractivity contribution in [1.82, 2.24) is 10.2 Å². The Morgan fingerprint density at radius 3 is 2.57 bits per heavy atom. The number of aromatic amines is 1. The van der Waals surface area contributed by atoms with E-state index in [0.717, 1.165) is 5.56 Å². The van der Waals surface area contributed by atoms with Gasteiger partial charge in [0.2, 0.25) is 0 Å². The lowest BCUT2D eigenvalue weighted by Gasteiger charge is -2.09. The van der Waals surface area contributed by atoms with Crippen molar-refractivity contribution in [3.63, 3.8) is 0 Å². The van der Waals surface area contributed by atoms with Crippen LogP contribution in [0.25, 0.3) is 0 Å². The van der Waals surface area contributed by atoms with E-state index in [1.54, 1.807) is 32.0 Å². The molecule has 1 heterocycles. The third kappa shape index (κ3) is 2.86. The summed E-state index contributed by atoms with van der Waals surface area (Å²) >= 11 is 0. The number of hydrogen-bond donors (Lipinski definition) is 3. The minimum Gasteiger partial charge on any atom is -0.465 e. The van der Waals surface area contributed by atoms with Crippen LogP contribution in [0.15, 0.2) is 18.2 Å². The van der Waals surface area contributed by atoms with Crippen molar-refractivity contribution in [2.75, 3.05) is 18.2 Å². The number of carbonyl (C=O) groups excluding carboxylic acids is 2. The smallest absolute Gasteiger partial charge is 0.337 e. The zero-order valence-corrected chi connectivity index (χ0v) is 12.0. The van der Waals surface area contributed by atoms with Crippen molar-refractivity contribution in [3.05, 3.63) is 40.7 Å². The topological polar surface area (TPSA) is 110 Å².